The van der Waals surface area contributed by atoms with E-state index in [4.69, 9.17) is 0 Å². The number of benzene rings is 1. The van der Waals surface area contributed by atoms with Crippen molar-refractivity contribution in [1.82, 2.24) is 20.1 Å². The van der Waals surface area contributed by atoms with E-state index in [1.165, 1.54) is 18.2 Å². The van der Waals surface area contributed by atoms with Crippen LogP contribution in [-0.2, 0) is 20.1 Å². The molecule has 0 atom stereocenters. The van der Waals surface area contributed by atoms with Crippen molar-refractivity contribution in [2.75, 3.05) is 0 Å². The summed E-state index contributed by atoms with van der Waals surface area (Å²) in [5.41, 5.74) is 0.515. The first-order valence-corrected chi connectivity index (χ1v) is 5.18. The molecule has 2 rings (SSSR count). The van der Waals surface area contributed by atoms with Gasteiger partial charge >= 0.3 is 0 Å². The molecule has 0 aliphatic heterocycles. The number of phenolic OH excluding ortho intramolecular Hbond substituents is 1. The summed E-state index contributed by atoms with van der Waals surface area (Å²) in [6, 6.07) is 3.86. The molecule has 0 bridgehead atoms. The average molecular weight is 236 g/mol. The molecule has 0 aliphatic carbocycles. The van der Waals surface area contributed by atoms with Gasteiger partial charge in [-0.05, 0) is 18.2 Å². The number of phenols is 1. The van der Waals surface area contributed by atoms with Gasteiger partial charge in [0.1, 0.15) is 17.9 Å². The monoisotopic (exact) mass is 236 g/mol. The molecule has 0 aliphatic rings. The topological polar surface area (TPSA) is 63.0 Å². The van der Waals surface area contributed by atoms with Crippen LogP contribution in [0.4, 0.5) is 4.39 Å². The van der Waals surface area contributed by atoms with Gasteiger partial charge < -0.3 is 10.4 Å². The largest absolute Gasteiger partial charge is 0.508 e. The Labute approximate surface area is 97.9 Å². The lowest BCUT2D eigenvalue weighted by molar-refractivity contribution is 0.461. The lowest BCUT2D eigenvalue weighted by Gasteiger charge is -2.05. The van der Waals surface area contributed by atoms with Crippen molar-refractivity contribution in [3.63, 3.8) is 0 Å². The van der Waals surface area contributed by atoms with E-state index in [1.54, 1.807) is 18.1 Å². The second kappa shape index (κ2) is 4.92. The van der Waals surface area contributed by atoms with Crippen LogP contribution in [0.3, 0.4) is 0 Å². The smallest absolute Gasteiger partial charge is 0.164 e. The predicted molar refractivity (Wildman–Crippen MR) is 59.6 cm³/mol. The molecule has 1 aromatic carbocycles. The van der Waals surface area contributed by atoms with Crippen LogP contribution in [0.5, 0.6) is 5.75 Å². The third kappa shape index (κ3) is 3.01. The first-order chi connectivity index (χ1) is 8.15. The second-order valence-corrected chi connectivity index (χ2v) is 3.71. The summed E-state index contributed by atoms with van der Waals surface area (Å²) < 4.78 is 14.5. The third-order valence-electron chi connectivity index (χ3n) is 2.29. The second-order valence-electron chi connectivity index (χ2n) is 3.71. The summed E-state index contributed by atoms with van der Waals surface area (Å²) in [6.07, 6.45) is 1.61. The molecule has 1 heterocycles. The van der Waals surface area contributed by atoms with Crippen molar-refractivity contribution < 1.29 is 9.50 Å². The Morgan fingerprint density at radius 2 is 2.24 bits per heavy atom. The highest BCUT2D eigenvalue weighted by atomic mass is 19.1. The van der Waals surface area contributed by atoms with Gasteiger partial charge in [-0.15, -0.1) is 0 Å². The van der Waals surface area contributed by atoms with Gasteiger partial charge in [0.15, 0.2) is 5.82 Å². The molecule has 0 unspecified atom stereocenters. The van der Waals surface area contributed by atoms with Crippen molar-refractivity contribution >= 4 is 0 Å². The highest BCUT2D eigenvalue weighted by Gasteiger charge is 2.03. The van der Waals surface area contributed by atoms with Crippen LogP contribution in [0.15, 0.2) is 24.5 Å². The summed E-state index contributed by atoms with van der Waals surface area (Å²) in [6.45, 7) is 0.832. The molecule has 2 N–H and O–H groups in total. The van der Waals surface area contributed by atoms with Gasteiger partial charge in [0.05, 0.1) is 6.54 Å². The molecule has 1 aromatic heterocycles. The number of nitrogens with one attached hydrogen (secondary N) is 1. The fraction of sp³-hybridized carbons (Fsp3) is 0.273. The zero-order valence-corrected chi connectivity index (χ0v) is 9.39. The highest BCUT2D eigenvalue weighted by Crippen LogP contribution is 2.17. The van der Waals surface area contributed by atoms with Gasteiger partial charge in [-0.3, -0.25) is 4.68 Å². The fourth-order valence-corrected chi connectivity index (χ4v) is 1.47. The van der Waals surface area contributed by atoms with Crippen molar-refractivity contribution in [3.05, 3.63) is 41.7 Å². The summed E-state index contributed by atoms with van der Waals surface area (Å²) in [7, 11) is 1.79. The van der Waals surface area contributed by atoms with E-state index in [9.17, 15) is 9.50 Å². The first-order valence-electron chi connectivity index (χ1n) is 5.18. The van der Waals surface area contributed by atoms with Crippen LogP contribution in [-0.4, -0.2) is 19.9 Å². The fourth-order valence-electron chi connectivity index (χ4n) is 1.47. The molecule has 0 saturated heterocycles. The zero-order valence-electron chi connectivity index (χ0n) is 9.39. The molecule has 6 heteroatoms. The Hall–Kier alpha value is -1.95. The van der Waals surface area contributed by atoms with E-state index < -0.39 is 0 Å². The average Bonchev–Trinajstić information content (AvgIpc) is 2.69. The Balaban J connectivity index is 1.91. The minimum Gasteiger partial charge on any atom is -0.508 e. The van der Waals surface area contributed by atoms with Gasteiger partial charge in [0.2, 0.25) is 0 Å². The van der Waals surface area contributed by atoms with Crippen molar-refractivity contribution in [2.45, 2.75) is 13.1 Å². The summed E-state index contributed by atoms with van der Waals surface area (Å²) >= 11 is 0. The van der Waals surface area contributed by atoms with Crippen molar-refractivity contribution in [2.24, 2.45) is 7.05 Å². The predicted octanol–water partition coefficient (Wildman–Crippen LogP) is 0.950. The summed E-state index contributed by atoms with van der Waals surface area (Å²) in [5, 5.41) is 16.6. The summed E-state index contributed by atoms with van der Waals surface area (Å²) in [5.74, 6) is 0.367. The van der Waals surface area contributed by atoms with Crippen LogP contribution in [0.1, 0.15) is 11.4 Å². The van der Waals surface area contributed by atoms with E-state index in [1.807, 2.05) is 0 Å². The highest BCUT2D eigenvalue weighted by molar-refractivity contribution is 5.32. The Bertz CT molecular complexity index is 512. The van der Waals surface area contributed by atoms with Gasteiger partial charge in [-0.2, -0.15) is 5.10 Å². The molecule has 0 spiro atoms. The molecular formula is C11H13FN4O. The Morgan fingerprint density at radius 3 is 2.94 bits per heavy atom. The third-order valence-corrected chi connectivity index (χ3v) is 2.29. The van der Waals surface area contributed by atoms with Crippen molar-refractivity contribution in [1.29, 1.82) is 0 Å². The molecular weight excluding hydrogens is 223 g/mol. The maximum Gasteiger partial charge on any atom is 0.164 e. The molecule has 5 nitrogen and oxygen atoms in total. The molecule has 2 aromatic rings. The normalized spacial score (nSPS) is 10.7. The number of hydrogen-bond donors (Lipinski definition) is 2. The lowest BCUT2D eigenvalue weighted by Crippen LogP contribution is -2.14. The Morgan fingerprint density at radius 1 is 1.41 bits per heavy atom. The van der Waals surface area contributed by atoms with Crippen LogP contribution >= 0.6 is 0 Å². The summed E-state index contributed by atoms with van der Waals surface area (Å²) in [4.78, 5) is 4.04. The number of hydrogen-bond acceptors (Lipinski definition) is 4. The van der Waals surface area contributed by atoms with E-state index >= 15 is 0 Å². The van der Waals surface area contributed by atoms with Crippen LogP contribution in [0.2, 0.25) is 0 Å². The quantitative estimate of drug-likeness (QED) is 0.829. The SMILES string of the molecule is Cn1cnc(CNCc2cc(F)ccc2O)n1. The minimum atomic E-state index is -0.365. The molecule has 90 valence electrons. The molecule has 0 saturated carbocycles. The van der Waals surface area contributed by atoms with Crippen molar-refractivity contribution in [3.8, 4) is 5.75 Å². The first kappa shape index (κ1) is 11.5. The number of halogens is 1. The Kier molecular flexibility index (Phi) is 3.34. The van der Waals surface area contributed by atoms with Crippen LogP contribution in [0, 0.1) is 5.82 Å². The maximum atomic E-state index is 12.9. The number of aryl methyl sites for hydroxylation is 1. The van der Waals surface area contributed by atoms with Gasteiger partial charge in [-0.1, -0.05) is 0 Å². The maximum absolute atomic E-state index is 12.9. The number of aromatic nitrogens is 3. The minimum absolute atomic E-state index is 0.0767. The molecule has 0 radical (unpaired) electrons. The number of rotatable bonds is 4. The van der Waals surface area contributed by atoms with Gasteiger partial charge in [0, 0.05) is 19.2 Å². The van der Waals surface area contributed by atoms with Gasteiger partial charge in [0.25, 0.3) is 0 Å². The van der Waals surface area contributed by atoms with Crippen LogP contribution in [0.25, 0.3) is 0 Å². The van der Waals surface area contributed by atoms with E-state index in [2.05, 4.69) is 15.4 Å². The van der Waals surface area contributed by atoms with E-state index in [0.717, 1.165) is 0 Å². The van der Waals surface area contributed by atoms with Gasteiger partial charge in [-0.25, -0.2) is 9.37 Å². The van der Waals surface area contributed by atoms with Crippen LogP contribution < -0.4 is 5.32 Å². The molecule has 0 amide bonds. The molecule has 17 heavy (non-hydrogen) atoms. The number of nitrogens with zero attached hydrogens (tertiary/aromatic N) is 3. The lowest BCUT2D eigenvalue weighted by atomic mass is 10.2. The van der Waals surface area contributed by atoms with E-state index in [0.29, 0.717) is 24.5 Å². The standard InChI is InChI=1S/C11H13FN4O/c1-16-7-14-11(15-16)6-13-5-8-4-9(12)2-3-10(8)17/h2-4,7,13,17H,5-6H2,1H3. The van der Waals surface area contributed by atoms with E-state index in [-0.39, 0.29) is 11.6 Å². The molecule has 0 fully saturated rings. The zero-order chi connectivity index (χ0) is 12.3. The number of aromatic hydroxyl groups is 1.